The SMILES string of the molecule is C#Cc1ccc(OCC)c(OC(F)(F)F)c1. The van der Waals surface area contributed by atoms with Crippen molar-refractivity contribution in [1.29, 1.82) is 0 Å². The van der Waals surface area contributed by atoms with Gasteiger partial charge in [0.05, 0.1) is 6.61 Å². The summed E-state index contributed by atoms with van der Waals surface area (Å²) >= 11 is 0. The molecule has 0 aromatic heterocycles. The van der Waals surface area contributed by atoms with Crippen LogP contribution in [0.1, 0.15) is 12.5 Å². The van der Waals surface area contributed by atoms with Gasteiger partial charge in [-0.05, 0) is 19.1 Å². The molecule has 2 nitrogen and oxygen atoms in total. The normalized spacial score (nSPS) is 10.7. The molecular weight excluding hydrogens is 221 g/mol. The number of ether oxygens (including phenoxy) is 2. The van der Waals surface area contributed by atoms with Gasteiger partial charge in [0.1, 0.15) is 0 Å². The molecular formula is C11H9F3O2. The van der Waals surface area contributed by atoms with Crippen molar-refractivity contribution in [2.75, 3.05) is 6.61 Å². The van der Waals surface area contributed by atoms with Gasteiger partial charge in [-0.25, -0.2) is 0 Å². The molecule has 0 atom stereocenters. The van der Waals surface area contributed by atoms with Gasteiger partial charge < -0.3 is 9.47 Å². The molecule has 16 heavy (non-hydrogen) atoms. The smallest absolute Gasteiger partial charge is 0.490 e. The lowest BCUT2D eigenvalue weighted by atomic mass is 10.2. The van der Waals surface area contributed by atoms with Crippen LogP contribution in [0.25, 0.3) is 0 Å². The van der Waals surface area contributed by atoms with Gasteiger partial charge in [0.15, 0.2) is 11.5 Å². The number of hydrogen-bond donors (Lipinski definition) is 0. The van der Waals surface area contributed by atoms with Crippen molar-refractivity contribution in [1.82, 2.24) is 0 Å². The maximum absolute atomic E-state index is 12.1. The number of halogens is 3. The predicted molar refractivity (Wildman–Crippen MR) is 52.2 cm³/mol. The Morgan fingerprint density at radius 1 is 1.31 bits per heavy atom. The maximum atomic E-state index is 12.1. The first-order valence-electron chi connectivity index (χ1n) is 4.45. The van der Waals surface area contributed by atoms with Crippen molar-refractivity contribution in [3.05, 3.63) is 23.8 Å². The third-order valence-electron chi connectivity index (χ3n) is 1.64. The summed E-state index contributed by atoms with van der Waals surface area (Å²) in [4.78, 5) is 0. The van der Waals surface area contributed by atoms with Crippen LogP contribution >= 0.6 is 0 Å². The van der Waals surface area contributed by atoms with Crippen molar-refractivity contribution in [2.45, 2.75) is 13.3 Å². The van der Waals surface area contributed by atoms with Crippen LogP contribution in [0.2, 0.25) is 0 Å². The van der Waals surface area contributed by atoms with Gasteiger partial charge in [-0.3, -0.25) is 0 Å². The highest BCUT2D eigenvalue weighted by atomic mass is 19.4. The summed E-state index contributed by atoms with van der Waals surface area (Å²) in [6, 6.07) is 3.94. The summed E-state index contributed by atoms with van der Waals surface area (Å²) in [5.74, 6) is 1.81. The summed E-state index contributed by atoms with van der Waals surface area (Å²) in [5.41, 5.74) is 0.294. The van der Waals surface area contributed by atoms with E-state index in [9.17, 15) is 13.2 Å². The van der Waals surface area contributed by atoms with Gasteiger partial charge in [0.2, 0.25) is 0 Å². The molecule has 0 aliphatic carbocycles. The Hall–Kier alpha value is -1.83. The van der Waals surface area contributed by atoms with Crippen LogP contribution in [-0.4, -0.2) is 13.0 Å². The van der Waals surface area contributed by atoms with E-state index in [-0.39, 0.29) is 12.4 Å². The van der Waals surface area contributed by atoms with Gasteiger partial charge in [-0.15, -0.1) is 19.6 Å². The zero-order valence-electron chi connectivity index (χ0n) is 8.47. The lowest BCUT2D eigenvalue weighted by molar-refractivity contribution is -0.275. The second-order valence-electron chi connectivity index (χ2n) is 2.79. The molecule has 0 aliphatic rings. The average molecular weight is 230 g/mol. The van der Waals surface area contributed by atoms with Gasteiger partial charge in [-0.1, -0.05) is 5.92 Å². The highest BCUT2D eigenvalue weighted by molar-refractivity contribution is 5.47. The lowest BCUT2D eigenvalue weighted by Gasteiger charge is -2.13. The first kappa shape index (κ1) is 12.2. The molecule has 0 saturated carbocycles. The van der Waals surface area contributed by atoms with Crippen LogP contribution in [-0.2, 0) is 0 Å². The summed E-state index contributed by atoms with van der Waals surface area (Å²) in [6.07, 6.45) is 0.314. The van der Waals surface area contributed by atoms with Crippen molar-refractivity contribution >= 4 is 0 Å². The van der Waals surface area contributed by atoms with Crippen molar-refractivity contribution in [3.8, 4) is 23.8 Å². The Bertz CT molecular complexity index is 405. The third-order valence-corrected chi connectivity index (χ3v) is 1.64. The highest BCUT2D eigenvalue weighted by Gasteiger charge is 2.32. The van der Waals surface area contributed by atoms with E-state index in [4.69, 9.17) is 11.2 Å². The average Bonchev–Trinajstić information content (AvgIpc) is 2.18. The molecule has 0 spiro atoms. The van der Waals surface area contributed by atoms with E-state index in [2.05, 4.69) is 10.7 Å². The van der Waals surface area contributed by atoms with E-state index in [1.165, 1.54) is 12.1 Å². The predicted octanol–water partition coefficient (Wildman–Crippen LogP) is 2.97. The van der Waals surface area contributed by atoms with Gasteiger partial charge in [0, 0.05) is 11.6 Å². The fourth-order valence-electron chi connectivity index (χ4n) is 1.08. The Morgan fingerprint density at radius 3 is 2.50 bits per heavy atom. The number of benzene rings is 1. The molecule has 1 rings (SSSR count). The van der Waals surface area contributed by atoms with Crippen LogP contribution in [0.15, 0.2) is 18.2 Å². The summed E-state index contributed by atoms with van der Waals surface area (Å²) in [7, 11) is 0. The zero-order chi connectivity index (χ0) is 12.2. The standard InChI is InChI=1S/C11H9F3O2/c1-3-8-5-6-9(15-4-2)10(7-8)16-11(12,13)14/h1,5-7H,4H2,2H3. The van der Waals surface area contributed by atoms with E-state index >= 15 is 0 Å². The number of terminal acetylenes is 1. The molecule has 0 amide bonds. The Labute approximate surface area is 91.0 Å². The van der Waals surface area contributed by atoms with Crippen LogP contribution in [0.4, 0.5) is 13.2 Å². The number of rotatable bonds is 3. The molecule has 0 bridgehead atoms. The van der Waals surface area contributed by atoms with E-state index in [1.807, 2.05) is 0 Å². The second kappa shape index (κ2) is 4.79. The minimum absolute atomic E-state index is 0.0128. The molecule has 86 valence electrons. The van der Waals surface area contributed by atoms with E-state index in [1.54, 1.807) is 6.92 Å². The zero-order valence-corrected chi connectivity index (χ0v) is 8.47. The van der Waals surface area contributed by atoms with Crippen LogP contribution in [0.3, 0.4) is 0 Å². The molecule has 0 N–H and O–H groups in total. The Balaban J connectivity index is 3.06. The van der Waals surface area contributed by atoms with Gasteiger partial charge in [0.25, 0.3) is 0 Å². The van der Waals surface area contributed by atoms with Crippen molar-refractivity contribution in [3.63, 3.8) is 0 Å². The second-order valence-corrected chi connectivity index (χ2v) is 2.79. The molecule has 0 fully saturated rings. The van der Waals surface area contributed by atoms with Gasteiger partial charge >= 0.3 is 6.36 Å². The molecule has 1 aromatic carbocycles. The van der Waals surface area contributed by atoms with E-state index in [0.29, 0.717) is 5.56 Å². The third kappa shape index (κ3) is 3.39. The number of hydrogen-bond acceptors (Lipinski definition) is 2. The fourth-order valence-corrected chi connectivity index (χ4v) is 1.08. The molecule has 5 heteroatoms. The molecule has 0 aliphatic heterocycles. The van der Waals surface area contributed by atoms with E-state index < -0.39 is 12.1 Å². The fraction of sp³-hybridized carbons (Fsp3) is 0.273. The summed E-state index contributed by atoms with van der Waals surface area (Å²) < 4.78 is 45.0. The Kier molecular flexibility index (Phi) is 3.67. The first-order valence-corrected chi connectivity index (χ1v) is 4.45. The molecule has 0 saturated heterocycles. The van der Waals surface area contributed by atoms with Gasteiger partial charge in [-0.2, -0.15) is 0 Å². The molecule has 0 unspecified atom stereocenters. The summed E-state index contributed by atoms with van der Waals surface area (Å²) in [5, 5.41) is 0. The van der Waals surface area contributed by atoms with Crippen molar-refractivity contribution in [2.24, 2.45) is 0 Å². The summed E-state index contributed by atoms with van der Waals surface area (Å²) in [6.45, 7) is 1.90. The largest absolute Gasteiger partial charge is 0.573 e. The molecule has 0 heterocycles. The minimum Gasteiger partial charge on any atom is -0.490 e. The quantitative estimate of drug-likeness (QED) is 0.743. The van der Waals surface area contributed by atoms with Crippen LogP contribution < -0.4 is 9.47 Å². The molecule has 0 radical (unpaired) electrons. The van der Waals surface area contributed by atoms with E-state index in [0.717, 1.165) is 6.07 Å². The lowest BCUT2D eigenvalue weighted by Crippen LogP contribution is -2.17. The highest BCUT2D eigenvalue weighted by Crippen LogP contribution is 2.32. The van der Waals surface area contributed by atoms with Crippen LogP contribution in [0.5, 0.6) is 11.5 Å². The minimum atomic E-state index is -4.76. The number of alkyl halides is 3. The molecule has 1 aromatic rings. The Morgan fingerprint density at radius 2 is 2.00 bits per heavy atom. The van der Waals surface area contributed by atoms with Crippen molar-refractivity contribution < 1.29 is 22.6 Å². The first-order chi connectivity index (χ1) is 7.46. The maximum Gasteiger partial charge on any atom is 0.573 e. The monoisotopic (exact) mass is 230 g/mol. The topological polar surface area (TPSA) is 18.5 Å². The van der Waals surface area contributed by atoms with Crippen LogP contribution in [0, 0.1) is 12.3 Å².